The van der Waals surface area contributed by atoms with Gasteiger partial charge in [-0.25, -0.2) is 9.18 Å². The molecular formula is C11H8FNO3. The van der Waals surface area contributed by atoms with E-state index in [1.54, 1.807) is 6.92 Å². The molecule has 5 heteroatoms. The highest BCUT2D eigenvalue weighted by molar-refractivity contribution is 5.86. The van der Waals surface area contributed by atoms with E-state index in [1.165, 1.54) is 24.3 Å². The van der Waals surface area contributed by atoms with Gasteiger partial charge < -0.3 is 9.63 Å². The molecule has 16 heavy (non-hydrogen) atoms. The number of aromatic nitrogens is 1. The molecule has 0 saturated carbocycles. The van der Waals surface area contributed by atoms with Crippen molar-refractivity contribution in [1.29, 1.82) is 0 Å². The fourth-order valence-electron chi connectivity index (χ4n) is 1.41. The van der Waals surface area contributed by atoms with Crippen molar-refractivity contribution in [3.8, 4) is 11.3 Å². The number of rotatable bonds is 2. The van der Waals surface area contributed by atoms with E-state index in [4.69, 9.17) is 9.63 Å². The summed E-state index contributed by atoms with van der Waals surface area (Å²) in [7, 11) is 0. The summed E-state index contributed by atoms with van der Waals surface area (Å²) in [6.07, 6.45) is 0. The maximum absolute atomic E-state index is 12.9. The van der Waals surface area contributed by atoms with Gasteiger partial charge in [0.15, 0.2) is 11.5 Å². The van der Waals surface area contributed by atoms with E-state index in [1.807, 2.05) is 0 Å². The summed E-state index contributed by atoms with van der Waals surface area (Å²) in [6, 6.07) is 5.46. The van der Waals surface area contributed by atoms with Crippen molar-refractivity contribution >= 4 is 5.97 Å². The first-order chi connectivity index (χ1) is 7.58. The number of carboxylic acid groups (broad SMARTS) is 1. The maximum Gasteiger partial charge on any atom is 0.358 e. The molecule has 1 N–H and O–H groups in total. The quantitative estimate of drug-likeness (QED) is 0.846. The Morgan fingerprint density at radius 1 is 1.44 bits per heavy atom. The fraction of sp³-hybridized carbons (Fsp3) is 0.0909. The van der Waals surface area contributed by atoms with E-state index in [9.17, 15) is 9.18 Å². The summed E-state index contributed by atoms with van der Waals surface area (Å²) in [5.74, 6) is -1.19. The van der Waals surface area contributed by atoms with Gasteiger partial charge in [0.05, 0.1) is 0 Å². The van der Waals surface area contributed by atoms with Crippen molar-refractivity contribution in [2.24, 2.45) is 0 Å². The standard InChI is InChI=1S/C11H8FNO3/c1-6-4-7(12)2-3-8(6)10-5-9(11(14)15)13-16-10/h2-5H,1H3,(H,14,15). The van der Waals surface area contributed by atoms with Gasteiger partial charge >= 0.3 is 5.97 Å². The molecule has 0 atom stereocenters. The smallest absolute Gasteiger partial charge is 0.358 e. The van der Waals surface area contributed by atoms with Crippen LogP contribution in [0.15, 0.2) is 28.8 Å². The molecule has 4 nitrogen and oxygen atoms in total. The van der Waals surface area contributed by atoms with Crippen LogP contribution in [0.2, 0.25) is 0 Å². The van der Waals surface area contributed by atoms with Crippen LogP contribution < -0.4 is 0 Å². The normalized spacial score (nSPS) is 10.4. The van der Waals surface area contributed by atoms with Crippen LogP contribution in [0.1, 0.15) is 16.1 Å². The lowest BCUT2D eigenvalue weighted by atomic mass is 10.1. The van der Waals surface area contributed by atoms with E-state index < -0.39 is 5.97 Å². The zero-order valence-corrected chi connectivity index (χ0v) is 8.40. The predicted octanol–water partition coefficient (Wildman–Crippen LogP) is 2.49. The number of aryl methyl sites for hydroxylation is 1. The van der Waals surface area contributed by atoms with Gasteiger partial charge in [-0.3, -0.25) is 0 Å². The molecule has 0 saturated heterocycles. The molecule has 1 aromatic heterocycles. The Morgan fingerprint density at radius 3 is 2.75 bits per heavy atom. The van der Waals surface area contributed by atoms with Crippen LogP contribution in [0.3, 0.4) is 0 Å². The third-order valence-corrected chi connectivity index (χ3v) is 2.18. The molecular weight excluding hydrogens is 213 g/mol. The van der Waals surface area contributed by atoms with E-state index in [0.717, 1.165) is 0 Å². The summed E-state index contributed by atoms with van der Waals surface area (Å²) in [4.78, 5) is 10.6. The number of hydrogen-bond donors (Lipinski definition) is 1. The minimum absolute atomic E-state index is 0.168. The van der Waals surface area contributed by atoms with Crippen molar-refractivity contribution < 1.29 is 18.8 Å². The van der Waals surface area contributed by atoms with E-state index in [-0.39, 0.29) is 11.5 Å². The number of benzene rings is 1. The lowest BCUT2D eigenvalue weighted by Crippen LogP contribution is -1.94. The molecule has 0 aliphatic rings. The highest BCUT2D eigenvalue weighted by Gasteiger charge is 2.13. The second kappa shape index (κ2) is 3.77. The van der Waals surface area contributed by atoms with Gasteiger partial charge in [-0.15, -0.1) is 0 Å². The molecule has 0 bridgehead atoms. The van der Waals surface area contributed by atoms with Gasteiger partial charge in [-0.2, -0.15) is 0 Å². The van der Waals surface area contributed by atoms with E-state index >= 15 is 0 Å². The number of aromatic carboxylic acids is 1. The van der Waals surface area contributed by atoms with Crippen molar-refractivity contribution in [2.45, 2.75) is 6.92 Å². The number of halogens is 1. The van der Waals surface area contributed by atoms with Gasteiger partial charge in [-0.05, 0) is 30.7 Å². The molecule has 2 aromatic rings. The molecule has 0 fully saturated rings. The molecule has 0 aliphatic carbocycles. The van der Waals surface area contributed by atoms with Gasteiger partial charge in [0.2, 0.25) is 0 Å². The predicted molar refractivity (Wildman–Crippen MR) is 53.6 cm³/mol. The van der Waals surface area contributed by atoms with Crippen LogP contribution in [0, 0.1) is 12.7 Å². The zero-order valence-electron chi connectivity index (χ0n) is 8.40. The molecule has 0 spiro atoms. The van der Waals surface area contributed by atoms with E-state index in [0.29, 0.717) is 16.9 Å². The Labute approximate surface area is 90.3 Å². The van der Waals surface area contributed by atoms with Gasteiger partial charge in [0.1, 0.15) is 5.82 Å². The first-order valence-electron chi connectivity index (χ1n) is 4.54. The van der Waals surface area contributed by atoms with Crippen molar-refractivity contribution in [3.63, 3.8) is 0 Å². The Kier molecular flexibility index (Phi) is 2.44. The highest BCUT2D eigenvalue weighted by atomic mass is 19.1. The van der Waals surface area contributed by atoms with Crippen molar-refractivity contribution in [2.75, 3.05) is 0 Å². The summed E-state index contributed by atoms with van der Waals surface area (Å²) in [5, 5.41) is 12.1. The fourth-order valence-corrected chi connectivity index (χ4v) is 1.41. The lowest BCUT2D eigenvalue weighted by Gasteiger charge is -2.00. The number of nitrogens with zero attached hydrogens (tertiary/aromatic N) is 1. The SMILES string of the molecule is Cc1cc(F)ccc1-c1cc(C(=O)O)no1. The Hall–Kier alpha value is -2.17. The second-order valence-electron chi connectivity index (χ2n) is 3.34. The van der Waals surface area contributed by atoms with Crippen LogP contribution in [-0.4, -0.2) is 16.2 Å². The lowest BCUT2D eigenvalue weighted by molar-refractivity contribution is 0.0686. The van der Waals surface area contributed by atoms with Crippen LogP contribution in [0.25, 0.3) is 11.3 Å². The largest absolute Gasteiger partial charge is 0.476 e. The second-order valence-corrected chi connectivity index (χ2v) is 3.34. The van der Waals surface area contributed by atoms with Gasteiger partial charge in [-0.1, -0.05) is 5.16 Å². The first kappa shape index (κ1) is 10.4. The molecule has 82 valence electrons. The van der Waals surface area contributed by atoms with Crippen LogP contribution in [-0.2, 0) is 0 Å². The topological polar surface area (TPSA) is 63.3 Å². The minimum Gasteiger partial charge on any atom is -0.476 e. The Bertz CT molecular complexity index is 548. The van der Waals surface area contributed by atoms with Crippen molar-refractivity contribution in [3.05, 3.63) is 41.3 Å². The molecule has 1 aromatic carbocycles. The molecule has 0 aliphatic heterocycles. The third-order valence-electron chi connectivity index (χ3n) is 2.18. The number of hydrogen-bond acceptors (Lipinski definition) is 3. The van der Waals surface area contributed by atoms with Gasteiger partial charge in [0.25, 0.3) is 0 Å². The van der Waals surface area contributed by atoms with Gasteiger partial charge in [0, 0.05) is 11.6 Å². The monoisotopic (exact) mass is 221 g/mol. The van der Waals surface area contributed by atoms with Crippen molar-refractivity contribution in [1.82, 2.24) is 5.16 Å². The summed E-state index contributed by atoms with van der Waals surface area (Å²) >= 11 is 0. The minimum atomic E-state index is -1.16. The van der Waals surface area contributed by atoms with Crippen LogP contribution in [0.5, 0.6) is 0 Å². The summed E-state index contributed by atoms with van der Waals surface area (Å²) in [6.45, 7) is 1.71. The average molecular weight is 221 g/mol. The molecule has 0 amide bonds. The number of carbonyl (C=O) groups is 1. The summed E-state index contributed by atoms with van der Waals surface area (Å²) < 4.78 is 17.7. The Morgan fingerprint density at radius 2 is 2.19 bits per heavy atom. The number of carboxylic acids is 1. The highest BCUT2D eigenvalue weighted by Crippen LogP contribution is 2.24. The van der Waals surface area contributed by atoms with E-state index in [2.05, 4.69) is 5.16 Å². The third kappa shape index (κ3) is 1.79. The first-order valence-corrected chi connectivity index (χ1v) is 4.54. The summed E-state index contributed by atoms with van der Waals surface area (Å²) in [5.41, 5.74) is 1.12. The zero-order chi connectivity index (χ0) is 11.7. The molecule has 0 unspecified atom stereocenters. The average Bonchev–Trinajstić information content (AvgIpc) is 2.66. The maximum atomic E-state index is 12.9. The molecule has 1 heterocycles. The van der Waals surface area contributed by atoms with Crippen LogP contribution in [0.4, 0.5) is 4.39 Å². The van der Waals surface area contributed by atoms with Crippen LogP contribution >= 0.6 is 0 Å². The Balaban J connectivity index is 2.46. The molecule has 0 radical (unpaired) electrons. The molecule has 2 rings (SSSR count).